The highest BCUT2D eigenvalue weighted by Crippen LogP contribution is 2.17. The van der Waals surface area contributed by atoms with E-state index in [2.05, 4.69) is 0 Å². The van der Waals surface area contributed by atoms with E-state index in [9.17, 15) is 15.0 Å². The Balaban J connectivity index is 1.59. The van der Waals surface area contributed by atoms with Gasteiger partial charge in [-0.1, -0.05) is 18.6 Å². The van der Waals surface area contributed by atoms with Crippen molar-refractivity contribution in [1.82, 2.24) is 0 Å². The average Bonchev–Trinajstić information content (AvgIpc) is 2.74. The standard InChI is InChI=1S/C15H22O5/c16-12-9-11(13(17)10-12)5-3-1-2-4-6-14-15(18)20-8-7-19-14/h3,5,9,12,14-16,18H,1-2,4,6-8,10H2/b5-3-. The summed E-state index contributed by atoms with van der Waals surface area (Å²) in [7, 11) is 0. The van der Waals surface area contributed by atoms with Gasteiger partial charge in [0.1, 0.15) is 6.10 Å². The van der Waals surface area contributed by atoms with Gasteiger partial charge in [-0.25, -0.2) is 0 Å². The summed E-state index contributed by atoms with van der Waals surface area (Å²) >= 11 is 0. The summed E-state index contributed by atoms with van der Waals surface area (Å²) in [4.78, 5) is 11.4. The molecule has 2 rings (SSSR count). The molecule has 0 amide bonds. The maximum atomic E-state index is 11.4. The lowest BCUT2D eigenvalue weighted by atomic mass is 10.1. The van der Waals surface area contributed by atoms with Gasteiger partial charge in [-0.2, -0.15) is 0 Å². The van der Waals surface area contributed by atoms with E-state index >= 15 is 0 Å². The van der Waals surface area contributed by atoms with Crippen LogP contribution in [0.5, 0.6) is 0 Å². The number of unbranched alkanes of at least 4 members (excludes halogenated alkanes) is 2. The summed E-state index contributed by atoms with van der Waals surface area (Å²) in [5.74, 6) is 0.00428. The fourth-order valence-electron chi connectivity index (χ4n) is 2.42. The highest BCUT2D eigenvalue weighted by Gasteiger charge is 2.23. The molecule has 1 heterocycles. The van der Waals surface area contributed by atoms with E-state index in [0.29, 0.717) is 18.8 Å². The van der Waals surface area contributed by atoms with Crippen molar-refractivity contribution in [3.8, 4) is 0 Å². The van der Waals surface area contributed by atoms with Crippen molar-refractivity contribution in [2.24, 2.45) is 0 Å². The molecule has 0 aromatic heterocycles. The molecule has 2 aliphatic rings. The zero-order valence-electron chi connectivity index (χ0n) is 11.5. The second-order valence-corrected chi connectivity index (χ2v) is 5.17. The second kappa shape index (κ2) is 7.69. The Morgan fingerprint density at radius 1 is 1.25 bits per heavy atom. The van der Waals surface area contributed by atoms with E-state index in [1.165, 1.54) is 0 Å². The third-order valence-electron chi connectivity index (χ3n) is 3.52. The van der Waals surface area contributed by atoms with Crippen LogP contribution < -0.4 is 0 Å². The Morgan fingerprint density at radius 2 is 2.05 bits per heavy atom. The van der Waals surface area contributed by atoms with Gasteiger partial charge in [-0.3, -0.25) is 4.79 Å². The zero-order valence-corrected chi connectivity index (χ0v) is 11.5. The van der Waals surface area contributed by atoms with Gasteiger partial charge in [0.05, 0.1) is 19.3 Å². The number of carbonyl (C=O) groups is 1. The Labute approximate surface area is 118 Å². The minimum Gasteiger partial charge on any atom is -0.389 e. The third kappa shape index (κ3) is 4.52. The first-order valence-corrected chi connectivity index (χ1v) is 7.17. The lowest BCUT2D eigenvalue weighted by Gasteiger charge is -2.28. The van der Waals surface area contributed by atoms with Gasteiger partial charge in [0, 0.05) is 12.0 Å². The number of hydrogen-bond acceptors (Lipinski definition) is 5. The fraction of sp³-hybridized carbons (Fsp3) is 0.667. The van der Waals surface area contributed by atoms with E-state index in [0.717, 1.165) is 25.7 Å². The van der Waals surface area contributed by atoms with Crippen molar-refractivity contribution in [3.63, 3.8) is 0 Å². The minimum absolute atomic E-state index is 0.00428. The molecular weight excluding hydrogens is 260 g/mol. The monoisotopic (exact) mass is 282 g/mol. The molecule has 0 bridgehead atoms. The summed E-state index contributed by atoms with van der Waals surface area (Å²) in [5.41, 5.74) is 0.608. The van der Waals surface area contributed by atoms with Crippen LogP contribution in [-0.4, -0.2) is 47.7 Å². The van der Waals surface area contributed by atoms with Crippen molar-refractivity contribution in [1.29, 1.82) is 0 Å². The van der Waals surface area contributed by atoms with Gasteiger partial charge >= 0.3 is 0 Å². The topological polar surface area (TPSA) is 76.0 Å². The Hall–Kier alpha value is -1.01. The lowest BCUT2D eigenvalue weighted by molar-refractivity contribution is -0.227. The van der Waals surface area contributed by atoms with Gasteiger partial charge in [0.15, 0.2) is 12.1 Å². The smallest absolute Gasteiger partial charge is 0.181 e. The molecule has 20 heavy (non-hydrogen) atoms. The number of carbonyl (C=O) groups excluding carboxylic acids is 1. The van der Waals surface area contributed by atoms with E-state index in [1.54, 1.807) is 12.2 Å². The van der Waals surface area contributed by atoms with Crippen LogP contribution in [0, 0.1) is 0 Å². The molecule has 0 saturated carbocycles. The van der Waals surface area contributed by atoms with E-state index in [-0.39, 0.29) is 18.3 Å². The van der Waals surface area contributed by atoms with Crippen LogP contribution in [-0.2, 0) is 14.3 Å². The van der Waals surface area contributed by atoms with Crippen molar-refractivity contribution in [2.75, 3.05) is 13.2 Å². The average molecular weight is 282 g/mol. The molecule has 1 aliphatic carbocycles. The van der Waals surface area contributed by atoms with Crippen LogP contribution in [0.2, 0.25) is 0 Å². The van der Waals surface area contributed by atoms with Crippen LogP contribution >= 0.6 is 0 Å². The SMILES string of the molecule is O=C1CC(O)C=C1/C=C\CCCCC1OCCOC1O. The quantitative estimate of drug-likeness (QED) is 0.713. The molecule has 1 aliphatic heterocycles. The predicted octanol–water partition coefficient (Wildman–Crippen LogP) is 1.10. The number of ketones is 1. The van der Waals surface area contributed by atoms with Crippen LogP contribution in [0.4, 0.5) is 0 Å². The van der Waals surface area contributed by atoms with Crippen LogP contribution in [0.15, 0.2) is 23.8 Å². The molecular formula is C15H22O5. The number of aliphatic hydroxyl groups is 2. The number of rotatable bonds is 6. The molecule has 0 spiro atoms. The van der Waals surface area contributed by atoms with Gasteiger partial charge in [-0.05, 0) is 25.3 Å². The van der Waals surface area contributed by atoms with E-state index in [4.69, 9.17) is 9.47 Å². The molecule has 0 aromatic carbocycles. The molecule has 3 unspecified atom stereocenters. The lowest BCUT2D eigenvalue weighted by Crippen LogP contribution is -2.38. The largest absolute Gasteiger partial charge is 0.389 e. The number of Topliss-reactive ketones (excluding diaryl/α,β-unsaturated/α-hetero) is 1. The summed E-state index contributed by atoms with van der Waals surface area (Å²) in [6.07, 6.45) is 7.44. The van der Waals surface area contributed by atoms with E-state index in [1.807, 2.05) is 6.08 Å². The van der Waals surface area contributed by atoms with Crippen molar-refractivity contribution < 1.29 is 24.5 Å². The molecule has 0 radical (unpaired) electrons. The molecule has 0 aromatic rings. The Kier molecular flexibility index (Phi) is 5.91. The second-order valence-electron chi connectivity index (χ2n) is 5.17. The number of ether oxygens (including phenoxy) is 2. The first-order chi connectivity index (χ1) is 9.66. The molecule has 1 saturated heterocycles. The molecule has 112 valence electrons. The van der Waals surface area contributed by atoms with Crippen LogP contribution in [0.3, 0.4) is 0 Å². The molecule has 2 N–H and O–H groups in total. The highest BCUT2D eigenvalue weighted by atomic mass is 16.7. The molecule has 5 nitrogen and oxygen atoms in total. The molecule has 5 heteroatoms. The zero-order chi connectivity index (χ0) is 14.4. The first-order valence-electron chi connectivity index (χ1n) is 7.17. The normalized spacial score (nSPS) is 31.0. The number of hydrogen-bond donors (Lipinski definition) is 2. The van der Waals surface area contributed by atoms with Crippen molar-refractivity contribution in [2.45, 2.75) is 50.6 Å². The summed E-state index contributed by atoms with van der Waals surface area (Å²) in [6, 6.07) is 0. The predicted molar refractivity (Wildman–Crippen MR) is 73.0 cm³/mol. The van der Waals surface area contributed by atoms with Gasteiger partial charge in [0.2, 0.25) is 0 Å². The van der Waals surface area contributed by atoms with Crippen LogP contribution in [0.25, 0.3) is 0 Å². The molecule has 3 atom stereocenters. The van der Waals surface area contributed by atoms with Crippen molar-refractivity contribution in [3.05, 3.63) is 23.8 Å². The summed E-state index contributed by atoms with van der Waals surface area (Å²) in [5, 5.41) is 18.8. The third-order valence-corrected chi connectivity index (χ3v) is 3.52. The maximum absolute atomic E-state index is 11.4. The maximum Gasteiger partial charge on any atom is 0.181 e. The number of aliphatic hydroxyl groups excluding tert-OH is 2. The number of allylic oxidation sites excluding steroid dienone is 3. The summed E-state index contributed by atoms with van der Waals surface area (Å²) in [6.45, 7) is 0.996. The Morgan fingerprint density at radius 3 is 2.75 bits per heavy atom. The fourth-order valence-corrected chi connectivity index (χ4v) is 2.42. The van der Waals surface area contributed by atoms with Crippen LogP contribution in [0.1, 0.15) is 32.1 Å². The first kappa shape index (κ1) is 15.4. The van der Waals surface area contributed by atoms with Crippen molar-refractivity contribution >= 4 is 5.78 Å². The summed E-state index contributed by atoms with van der Waals surface area (Å²) < 4.78 is 10.5. The van der Waals surface area contributed by atoms with E-state index < -0.39 is 12.4 Å². The molecule has 1 fully saturated rings. The van der Waals surface area contributed by atoms with Gasteiger partial charge in [-0.15, -0.1) is 0 Å². The Bertz CT molecular complexity index is 388. The van der Waals surface area contributed by atoms with Gasteiger partial charge < -0.3 is 19.7 Å². The van der Waals surface area contributed by atoms with Gasteiger partial charge in [0.25, 0.3) is 0 Å². The minimum atomic E-state index is -0.804. The highest BCUT2D eigenvalue weighted by molar-refractivity contribution is 6.00.